The van der Waals surface area contributed by atoms with Crippen molar-refractivity contribution in [3.8, 4) is 0 Å². The number of nitrogens with one attached hydrogen (secondary N) is 1. The van der Waals surface area contributed by atoms with Crippen LogP contribution in [0.2, 0.25) is 0 Å². The molecule has 342 valence electrons. The predicted molar refractivity (Wildman–Crippen MR) is 223 cm³/mol. The number of rotatable bonds is 9. The second-order valence-corrected chi connectivity index (χ2v) is 21.1. The fourth-order valence-corrected chi connectivity index (χ4v) is 12.8. The number of aliphatic hydroxyl groups excluding tert-OH is 1. The third kappa shape index (κ3) is 8.39. The Morgan fingerprint density at radius 2 is 1.74 bits per heavy atom. The summed E-state index contributed by atoms with van der Waals surface area (Å²) >= 11 is 0. The SMILES string of the molecule is C=C(C[C@@]12C[C@@H](C)C[C@@H](O1)[C@H]1O[C@]3(C[C@H]1O2)NC[C@H](C)C[C@@H]3C)[C@H]1O[C@@](O)([C@H](O)[C@@H]2C[C@H]3O[C@@]4(CC[C@]5(C=C(C)C[C@@H](/C=C/CCC(=O)OC)O5)O4)[C@H](C)C[C@H]3O2)CC[C@@H]1C. The minimum Gasteiger partial charge on any atom is -0.469 e. The minimum absolute atomic E-state index is 0.00629. The van der Waals surface area contributed by atoms with Crippen molar-refractivity contribution in [1.29, 1.82) is 0 Å². The van der Waals surface area contributed by atoms with Crippen LogP contribution in [-0.2, 0) is 47.4 Å². The van der Waals surface area contributed by atoms with Gasteiger partial charge in [-0.2, -0.15) is 0 Å². The van der Waals surface area contributed by atoms with Crippen molar-refractivity contribution < 1.29 is 57.6 Å². The van der Waals surface area contributed by atoms with Crippen LogP contribution in [0, 0.1) is 29.6 Å². The van der Waals surface area contributed by atoms with E-state index in [1.54, 1.807) is 0 Å². The molecule has 0 aromatic carbocycles. The fourth-order valence-electron chi connectivity index (χ4n) is 12.8. The summed E-state index contributed by atoms with van der Waals surface area (Å²) in [6, 6.07) is 0. The van der Waals surface area contributed by atoms with Gasteiger partial charge < -0.3 is 52.8 Å². The Labute approximate surface area is 362 Å². The first-order chi connectivity index (χ1) is 28.9. The van der Waals surface area contributed by atoms with Crippen LogP contribution in [0.1, 0.15) is 131 Å². The first-order valence-corrected chi connectivity index (χ1v) is 23.6. The highest BCUT2D eigenvalue weighted by Gasteiger charge is 2.64. The highest BCUT2D eigenvalue weighted by atomic mass is 16.8. The van der Waals surface area contributed by atoms with Crippen molar-refractivity contribution in [2.75, 3.05) is 13.7 Å². The lowest BCUT2D eigenvalue weighted by atomic mass is 9.79. The lowest BCUT2D eigenvalue weighted by Crippen LogP contribution is -2.60. The molecule has 9 aliphatic heterocycles. The monoisotopic (exact) mass is 856 g/mol. The molecule has 0 aromatic heterocycles. The Morgan fingerprint density at radius 3 is 2.52 bits per heavy atom. The van der Waals surface area contributed by atoms with Gasteiger partial charge in [-0.25, -0.2) is 0 Å². The van der Waals surface area contributed by atoms with E-state index < -0.39 is 47.2 Å². The van der Waals surface area contributed by atoms with Gasteiger partial charge in [0.1, 0.15) is 17.9 Å². The normalized spacial score (nSPS) is 51.1. The lowest BCUT2D eigenvalue weighted by Gasteiger charge is -2.52. The van der Waals surface area contributed by atoms with Crippen LogP contribution in [0.15, 0.2) is 36.0 Å². The summed E-state index contributed by atoms with van der Waals surface area (Å²) in [6.45, 7) is 18.7. The molecule has 9 rings (SSSR count). The maximum atomic E-state index is 12.2. The Hall–Kier alpha value is -1.75. The van der Waals surface area contributed by atoms with Gasteiger partial charge in [0.15, 0.2) is 23.1 Å². The van der Waals surface area contributed by atoms with Gasteiger partial charge in [-0.15, -0.1) is 0 Å². The molecule has 0 aliphatic carbocycles. The number of methoxy groups -OCH3 is 1. The Bertz CT molecular complexity index is 1720. The molecule has 61 heavy (non-hydrogen) atoms. The number of ether oxygens (including phenoxy) is 9. The number of carbonyl (C=O) groups is 1. The van der Waals surface area contributed by atoms with Gasteiger partial charge in [-0.1, -0.05) is 58.9 Å². The van der Waals surface area contributed by atoms with Gasteiger partial charge in [0.25, 0.3) is 0 Å². The molecule has 0 radical (unpaired) electrons. The van der Waals surface area contributed by atoms with Gasteiger partial charge in [-0.05, 0) is 80.8 Å². The van der Waals surface area contributed by atoms with Crippen LogP contribution >= 0.6 is 0 Å². The van der Waals surface area contributed by atoms with Gasteiger partial charge in [0, 0.05) is 63.8 Å². The van der Waals surface area contributed by atoms with E-state index in [0.29, 0.717) is 69.1 Å². The predicted octanol–water partition coefficient (Wildman–Crippen LogP) is 6.49. The van der Waals surface area contributed by atoms with Crippen molar-refractivity contribution in [3.05, 3.63) is 36.0 Å². The van der Waals surface area contributed by atoms with E-state index in [0.717, 1.165) is 44.2 Å². The number of hydrogen-bond acceptors (Lipinski definition) is 13. The zero-order valence-electron chi connectivity index (χ0n) is 37.6. The number of aliphatic hydroxyl groups is 2. The first-order valence-electron chi connectivity index (χ1n) is 23.6. The highest BCUT2D eigenvalue weighted by Crippen LogP contribution is 2.55. The van der Waals surface area contributed by atoms with E-state index in [9.17, 15) is 15.0 Å². The number of fused-ring (bicyclic) bond motifs is 5. The number of esters is 1. The largest absolute Gasteiger partial charge is 0.469 e. The van der Waals surface area contributed by atoms with Gasteiger partial charge >= 0.3 is 5.97 Å². The van der Waals surface area contributed by atoms with Crippen molar-refractivity contribution >= 4 is 5.97 Å². The highest BCUT2D eigenvalue weighted by molar-refractivity contribution is 5.69. The average molecular weight is 856 g/mol. The minimum atomic E-state index is -1.84. The van der Waals surface area contributed by atoms with Crippen LogP contribution in [0.5, 0.6) is 0 Å². The molecular weight excluding hydrogens is 783 g/mol. The molecule has 8 saturated heterocycles. The molecule has 9 heterocycles. The van der Waals surface area contributed by atoms with Crippen molar-refractivity contribution in [3.63, 3.8) is 0 Å². The van der Waals surface area contributed by atoms with Crippen LogP contribution in [0.25, 0.3) is 0 Å². The number of allylic oxidation sites excluding steroid dienone is 1. The van der Waals surface area contributed by atoms with Crippen molar-refractivity contribution in [1.82, 2.24) is 5.32 Å². The second-order valence-electron chi connectivity index (χ2n) is 21.1. The molecule has 2 bridgehead atoms. The van der Waals surface area contributed by atoms with E-state index in [4.69, 9.17) is 42.6 Å². The number of hydrogen-bond donors (Lipinski definition) is 3. The summed E-state index contributed by atoms with van der Waals surface area (Å²) in [5, 5.41) is 27.9. The molecular formula is C48H73NO12. The Morgan fingerprint density at radius 1 is 0.934 bits per heavy atom. The second kappa shape index (κ2) is 16.6. The standard InChI is InChI=1S/C48H73NO12/c1-27-18-34(11-9-10-12-40(50)53-8)55-44(22-27)15-16-48(61-44)33(7)20-35-36(58-48)21-38(54-35)43(51)47(52)14-13-30(4)41(60-47)31(5)24-45-23-28(2)19-37(56-45)42-39(57-45)25-46(59-42)32(6)17-29(3)26-49-46/h9,11,22,28-30,32-39,41-43,49,51-52H,5,10,12-21,23-26H2,1-4,6-8H3/b11-9+/t28-,29+,30-,32-,33+,34+,35+,36+,37+,38-,39+,41-,42+,43+,44+,45-,46-,47+,48+/m0/s1. The van der Waals surface area contributed by atoms with E-state index in [1.807, 2.05) is 12.2 Å². The maximum absolute atomic E-state index is 12.2. The molecule has 13 heteroatoms. The maximum Gasteiger partial charge on any atom is 0.305 e. The zero-order chi connectivity index (χ0) is 43.1. The third-order valence-electron chi connectivity index (χ3n) is 15.9. The molecule has 0 saturated carbocycles. The summed E-state index contributed by atoms with van der Waals surface area (Å²) in [5.41, 5.74) is 1.58. The summed E-state index contributed by atoms with van der Waals surface area (Å²) in [4.78, 5) is 11.6. The third-order valence-corrected chi connectivity index (χ3v) is 15.9. The molecule has 13 nitrogen and oxygen atoms in total. The quantitative estimate of drug-likeness (QED) is 0.171. The van der Waals surface area contributed by atoms with Gasteiger partial charge in [0.2, 0.25) is 0 Å². The van der Waals surface area contributed by atoms with Crippen molar-refractivity contribution in [2.24, 2.45) is 29.6 Å². The molecule has 0 aromatic rings. The van der Waals surface area contributed by atoms with E-state index in [1.165, 1.54) is 12.7 Å². The van der Waals surface area contributed by atoms with Crippen LogP contribution in [0.4, 0.5) is 0 Å². The molecule has 19 atom stereocenters. The van der Waals surface area contributed by atoms with Gasteiger partial charge in [0.05, 0.1) is 49.8 Å². The molecule has 9 aliphatic rings. The molecule has 0 amide bonds. The Balaban J connectivity index is 0.832. The zero-order valence-corrected chi connectivity index (χ0v) is 37.6. The summed E-state index contributed by atoms with van der Waals surface area (Å²) < 4.78 is 59.0. The molecule has 3 N–H and O–H groups in total. The fraction of sp³-hybridized carbons (Fsp3) is 0.854. The molecule has 3 spiro atoms. The van der Waals surface area contributed by atoms with E-state index in [-0.39, 0.29) is 60.8 Å². The Kier molecular flexibility index (Phi) is 12.1. The summed E-state index contributed by atoms with van der Waals surface area (Å²) in [5.74, 6) is -3.31. The smallest absolute Gasteiger partial charge is 0.305 e. The number of carbonyl (C=O) groups excluding carboxylic acids is 1. The van der Waals surface area contributed by atoms with Crippen LogP contribution in [0.3, 0.4) is 0 Å². The average Bonchev–Trinajstić information content (AvgIpc) is 3.89. The topological polar surface area (TPSA) is 153 Å². The van der Waals surface area contributed by atoms with E-state index >= 15 is 0 Å². The molecule has 0 unspecified atom stereocenters. The van der Waals surface area contributed by atoms with E-state index in [2.05, 4.69) is 59.5 Å². The van der Waals surface area contributed by atoms with Crippen LogP contribution in [-0.4, -0.2) is 114 Å². The van der Waals surface area contributed by atoms with Crippen molar-refractivity contribution in [2.45, 2.75) is 215 Å². The summed E-state index contributed by atoms with van der Waals surface area (Å²) in [7, 11) is 1.40. The summed E-state index contributed by atoms with van der Waals surface area (Å²) in [6.07, 6.45) is 11.5. The lowest BCUT2D eigenvalue weighted by molar-refractivity contribution is -0.366. The van der Waals surface area contributed by atoms with Crippen LogP contribution < -0.4 is 5.32 Å². The van der Waals surface area contributed by atoms with Gasteiger partial charge in [-0.3, -0.25) is 10.1 Å². The first kappa shape index (κ1) is 44.5. The molecule has 8 fully saturated rings. The number of piperidine rings is 1.